The second-order valence-electron chi connectivity index (χ2n) is 5.55. The van der Waals surface area contributed by atoms with E-state index in [9.17, 15) is 13.2 Å². The van der Waals surface area contributed by atoms with Gasteiger partial charge in [-0.05, 0) is 24.8 Å². The average molecular weight is 282 g/mol. The van der Waals surface area contributed by atoms with Gasteiger partial charge in [-0.3, -0.25) is 0 Å². The van der Waals surface area contributed by atoms with Crippen molar-refractivity contribution in [2.75, 3.05) is 13.2 Å². The minimum atomic E-state index is -4.06. The van der Waals surface area contributed by atoms with E-state index in [2.05, 4.69) is 5.32 Å². The first-order valence-corrected chi connectivity index (χ1v) is 6.83. The lowest BCUT2D eigenvalue weighted by Crippen LogP contribution is -2.31. The van der Waals surface area contributed by atoms with E-state index in [1.807, 2.05) is 41.4 Å². The Hall–Kier alpha value is -1.65. The highest BCUT2D eigenvalue weighted by atomic mass is 19.4. The zero-order valence-corrected chi connectivity index (χ0v) is 11.1. The lowest BCUT2D eigenvalue weighted by Gasteiger charge is -2.25. The molecular weight excluding hydrogens is 265 g/mol. The smallest absolute Gasteiger partial charge is 0.372 e. The van der Waals surface area contributed by atoms with Gasteiger partial charge in [0.2, 0.25) is 0 Å². The molecule has 0 aromatic heterocycles. The molecular formula is C15H17F3N2. The van der Waals surface area contributed by atoms with Gasteiger partial charge in [-0.1, -0.05) is 30.3 Å². The fourth-order valence-corrected chi connectivity index (χ4v) is 2.68. The second kappa shape index (κ2) is 4.72. The van der Waals surface area contributed by atoms with Gasteiger partial charge in [0.1, 0.15) is 0 Å². The van der Waals surface area contributed by atoms with E-state index >= 15 is 0 Å². The van der Waals surface area contributed by atoms with Crippen LogP contribution in [0.5, 0.6) is 0 Å². The summed E-state index contributed by atoms with van der Waals surface area (Å²) in [5, 5.41) is 3.10. The first-order valence-electron chi connectivity index (χ1n) is 6.83. The van der Waals surface area contributed by atoms with Gasteiger partial charge in [0.25, 0.3) is 0 Å². The van der Waals surface area contributed by atoms with Gasteiger partial charge < -0.3 is 10.2 Å². The van der Waals surface area contributed by atoms with E-state index in [1.165, 1.54) is 0 Å². The molecule has 1 heterocycles. The van der Waals surface area contributed by atoms with Crippen molar-refractivity contribution >= 4 is 5.70 Å². The Kier molecular flexibility index (Phi) is 3.15. The summed E-state index contributed by atoms with van der Waals surface area (Å²) < 4.78 is 38.8. The summed E-state index contributed by atoms with van der Waals surface area (Å²) in [6.45, 7) is 1.02. The molecule has 0 saturated heterocycles. The normalized spacial score (nSPS) is 20.6. The zero-order valence-electron chi connectivity index (χ0n) is 11.1. The van der Waals surface area contributed by atoms with Crippen LogP contribution in [0.4, 0.5) is 13.2 Å². The lowest BCUT2D eigenvalue weighted by molar-refractivity contribution is -0.189. The molecule has 0 unspecified atom stereocenters. The molecule has 3 rings (SSSR count). The number of alkyl halides is 3. The van der Waals surface area contributed by atoms with Crippen molar-refractivity contribution in [3.05, 3.63) is 42.1 Å². The van der Waals surface area contributed by atoms with Crippen molar-refractivity contribution in [1.29, 1.82) is 0 Å². The molecule has 1 saturated carbocycles. The van der Waals surface area contributed by atoms with E-state index in [-0.39, 0.29) is 19.3 Å². The highest BCUT2D eigenvalue weighted by Crippen LogP contribution is 2.60. The summed E-state index contributed by atoms with van der Waals surface area (Å²) in [7, 11) is 0. The minimum absolute atomic E-state index is 0.183. The molecule has 1 aliphatic heterocycles. The summed E-state index contributed by atoms with van der Waals surface area (Å²) in [6.07, 6.45) is -1.44. The van der Waals surface area contributed by atoms with Crippen molar-refractivity contribution in [3.63, 3.8) is 0 Å². The van der Waals surface area contributed by atoms with Gasteiger partial charge in [-0.2, -0.15) is 13.2 Å². The number of hydrogen-bond donors (Lipinski definition) is 1. The first kappa shape index (κ1) is 13.3. The van der Waals surface area contributed by atoms with E-state index in [4.69, 9.17) is 0 Å². The quantitative estimate of drug-likeness (QED) is 0.908. The molecule has 1 fully saturated rings. The van der Waals surface area contributed by atoms with Crippen molar-refractivity contribution in [1.82, 2.24) is 10.2 Å². The lowest BCUT2D eigenvalue weighted by atomic mass is 10.0. The first-order chi connectivity index (χ1) is 9.52. The molecule has 0 amide bonds. The van der Waals surface area contributed by atoms with Crippen LogP contribution in [-0.2, 0) is 0 Å². The number of rotatable bonds is 4. The number of hydrogen-bond acceptors (Lipinski definition) is 2. The van der Waals surface area contributed by atoms with Crippen LogP contribution < -0.4 is 5.32 Å². The van der Waals surface area contributed by atoms with Gasteiger partial charge in [-0.15, -0.1) is 0 Å². The van der Waals surface area contributed by atoms with Crippen LogP contribution >= 0.6 is 0 Å². The van der Waals surface area contributed by atoms with Crippen LogP contribution in [0.1, 0.15) is 24.8 Å². The van der Waals surface area contributed by atoms with Crippen molar-refractivity contribution in [3.8, 4) is 0 Å². The molecule has 1 aliphatic carbocycles. The Morgan fingerprint density at radius 2 is 1.85 bits per heavy atom. The van der Waals surface area contributed by atoms with Crippen LogP contribution in [0, 0.1) is 5.41 Å². The molecule has 20 heavy (non-hydrogen) atoms. The average Bonchev–Trinajstić information content (AvgIpc) is 3.09. The van der Waals surface area contributed by atoms with Crippen molar-refractivity contribution in [2.45, 2.75) is 25.4 Å². The number of halogens is 3. The van der Waals surface area contributed by atoms with Crippen molar-refractivity contribution in [2.24, 2.45) is 5.41 Å². The summed E-state index contributed by atoms with van der Waals surface area (Å²) in [5.74, 6) is 0. The Balaban J connectivity index is 1.66. The fraction of sp³-hybridized carbons (Fsp3) is 0.467. The molecule has 0 radical (unpaired) electrons. The van der Waals surface area contributed by atoms with Crippen LogP contribution in [0.2, 0.25) is 0 Å². The zero-order chi connectivity index (χ0) is 14.2. The van der Waals surface area contributed by atoms with E-state index in [1.54, 1.807) is 0 Å². The molecule has 1 aromatic carbocycles. The van der Waals surface area contributed by atoms with Gasteiger partial charge in [0, 0.05) is 12.7 Å². The molecule has 1 aromatic rings. The molecule has 0 spiro atoms. The summed E-state index contributed by atoms with van der Waals surface area (Å²) in [6, 6.07) is 9.75. The minimum Gasteiger partial charge on any atom is -0.372 e. The molecule has 5 heteroatoms. The summed E-state index contributed by atoms with van der Waals surface area (Å²) in [4.78, 5) is 1.99. The third-order valence-electron chi connectivity index (χ3n) is 4.25. The largest absolute Gasteiger partial charge is 0.394 e. The molecule has 2 nitrogen and oxygen atoms in total. The van der Waals surface area contributed by atoms with Crippen LogP contribution in [0.15, 0.2) is 36.5 Å². The monoisotopic (exact) mass is 282 g/mol. The molecule has 0 bridgehead atoms. The van der Waals surface area contributed by atoms with Gasteiger partial charge in [-0.25, -0.2) is 0 Å². The third-order valence-corrected chi connectivity index (χ3v) is 4.25. The van der Waals surface area contributed by atoms with Gasteiger partial charge in [0.05, 0.1) is 17.8 Å². The maximum Gasteiger partial charge on any atom is 0.394 e. The number of nitrogens with zero attached hydrogens (tertiary/aromatic N) is 1. The predicted molar refractivity (Wildman–Crippen MR) is 71.5 cm³/mol. The maximum atomic E-state index is 12.9. The molecule has 1 N–H and O–H groups in total. The van der Waals surface area contributed by atoms with E-state index < -0.39 is 11.6 Å². The number of nitrogens with one attached hydrogen (secondary N) is 1. The highest BCUT2D eigenvalue weighted by molar-refractivity contribution is 5.65. The Morgan fingerprint density at radius 3 is 2.45 bits per heavy atom. The Bertz CT molecular complexity index is 504. The van der Waals surface area contributed by atoms with Crippen LogP contribution in [0.3, 0.4) is 0 Å². The maximum absolute atomic E-state index is 12.9. The number of benzene rings is 1. The fourth-order valence-electron chi connectivity index (χ4n) is 2.68. The highest BCUT2D eigenvalue weighted by Gasteiger charge is 2.62. The van der Waals surface area contributed by atoms with Crippen molar-refractivity contribution < 1.29 is 13.2 Å². The standard InChI is InChI=1S/C15H17F3N2/c16-15(17,18)14(6-7-14)8-9-20-11-19-10-13(20)12-4-2-1-3-5-12/h1-5,10,19H,6-9,11H2. The van der Waals surface area contributed by atoms with E-state index in [0.717, 1.165) is 11.3 Å². The molecule has 108 valence electrons. The predicted octanol–water partition coefficient (Wildman–Crippen LogP) is 3.58. The SMILES string of the molecule is FC(F)(F)C1(CCN2CNC=C2c2ccccc2)CC1. The van der Waals surface area contributed by atoms with Gasteiger partial charge in [0.15, 0.2) is 0 Å². The van der Waals surface area contributed by atoms with E-state index in [0.29, 0.717) is 13.2 Å². The molecule has 2 aliphatic rings. The van der Waals surface area contributed by atoms with Crippen LogP contribution in [0.25, 0.3) is 5.70 Å². The Morgan fingerprint density at radius 1 is 1.15 bits per heavy atom. The summed E-state index contributed by atoms with van der Waals surface area (Å²) >= 11 is 0. The molecule has 0 atom stereocenters. The second-order valence-corrected chi connectivity index (χ2v) is 5.55. The van der Waals surface area contributed by atoms with Crippen LogP contribution in [-0.4, -0.2) is 24.3 Å². The Labute approximate surface area is 116 Å². The topological polar surface area (TPSA) is 15.3 Å². The third kappa shape index (κ3) is 2.37. The van der Waals surface area contributed by atoms with Gasteiger partial charge >= 0.3 is 6.18 Å². The summed E-state index contributed by atoms with van der Waals surface area (Å²) in [5.41, 5.74) is 0.593.